The van der Waals surface area contributed by atoms with Gasteiger partial charge in [-0.3, -0.25) is 4.79 Å². The molecule has 0 atom stereocenters. The van der Waals surface area contributed by atoms with Crippen molar-refractivity contribution in [2.45, 2.75) is 32.7 Å². The van der Waals surface area contributed by atoms with Gasteiger partial charge < -0.3 is 15.7 Å². The molecule has 0 aromatic heterocycles. The molecule has 0 radical (unpaired) electrons. The minimum absolute atomic E-state index is 0.0755. The predicted octanol–water partition coefficient (Wildman–Crippen LogP) is 2.75. The van der Waals surface area contributed by atoms with Crippen molar-refractivity contribution in [1.29, 1.82) is 0 Å². The molecule has 0 saturated carbocycles. The summed E-state index contributed by atoms with van der Waals surface area (Å²) in [6.07, 6.45) is 0.884. The molecule has 1 aromatic carbocycles. The van der Waals surface area contributed by atoms with Gasteiger partial charge in [0, 0.05) is 5.54 Å². The third kappa shape index (κ3) is 4.83. The van der Waals surface area contributed by atoms with Gasteiger partial charge in [-0.25, -0.2) is 4.79 Å². The molecule has 0 saturated heterocycles. The van der Waals surface area contributed by atoms with Gasteiger partial charge in [-0.15, -0.1) is 0 Å². The minimum Gasteiger partial charge on any atom is -0.478 e. The maximum atomic E-state index is 11.8. The SMILES string of the molecule is CCC(C)(C)NCC(=O)Nc1cc(C(=O)O)ccc1Cl. The molecular formula is C14H19ClN2O3. The van der Waals surface area contributed by atoms with Crippen LogP contribution in [0.25, 0.3) is 0 Å². The first kappa shape index (κ1) is 16.5. The van der Waals surface area contributed by atoms with E-state index in [1.165, 1.54) is 18.2 Å². The van der Waals surface area contributed by atoms with Gasteiger partial charge in [-0.2, -0.15) is 0 Å². The molecule has 0 fully saturated rings. The third-order valence-electron chi connectivity index (χ3n) is 3.10. The van der Waals surface area contributed by atoms with E-state index < -0.39 is 5.97 Å². The van der Waals surface area contributed by atoms with E-state index in [2.05, 4.69) is 10.6 Å². The Hall–Kier alpha value is -1.59. The molecule has 1 amide bonds. The Morgan fingerprint density at radius 3 is 2.55 bits per heavy atom. The van der Waals surface area contributed by atoms with E-state index in [0.717, 1.165) is 6.42 Å². The van der Waals surface area contributed by atoms with Crippen LogP contribution < -0.4 is 10.6 Å². The smallest absolute Gasteiger partial charge is 0.335 e. The molecule has 6 heteroatoms. The second-order valence-corrected chi connectivity index (χ2v) is 5.55. The molecule has 1 aromatic rings. The van der Waals surface area contributed by atoms with E-state index in [-0.39, 0.29) is 23.6 Å². The number of carbonyl (C=O) groups is 2. The second-order valence-electron chi connectivity index (χ2n) is 5.14. The van der Waals surface area contributed by atoms with Gasteiger partial charge in [0.05, 0.1) is 22.8 Å². The Morgan fingerprint density at radius 1 is 1.35 bits per heavy atom. The molecule has 0 aliphatic carbocycles. The summed E-state index contributed by atoms with van der Waals surface area (Å²) >= 11 is 5.93. The number of halogens is 1. The summed E-state index contributed by atoms with van der Waals surface area (Å²) in [5.41, 5.74) is 0.239. The molecule has 0 heterocycles. The van der Waals surface area contributed by atoms with E-state index in [4.69, 9.17) is 16.7 Å². The molecule has 1 rings (SSSR count). The fourth-order valence-corrected chi connectivity index (χ4v) is 1.56. The number of anilines is 1. The van der Waals surface area contributed by atoms with Gasteiger partial charge in [0.2, 0.25) is 5.91 Å². The number of carbonyl (C=O) groups excluding carboxylic acids is 1. The van der Waals surface area contributed by atoms with Gasteiger partial charge in [0.15, 0.2) is 0 Å². The third-order valence-corrected chi connectivity index (χ3v) is 3.43. The Kier molecular flexibility index (Phi) is 5.53. The van der Waals surface area contributed by atoms with Crippen molar-refractivity contribution in [3.63, 3.8) is 0 Å². The highest BCUT2D eigenvalue weighted by Gasteiger charge is 2.16. The maximum Gasteiger partial charge on any atom is 0.335 e. The zero-order valence-electron chi connectivity index (χ0n) is 11.8. The summed E-state index contributed by atoms with van der Waals surface area (Å²) in [6, 6.07) is 4.18. The monoisotopic (exact) mass is 298 g/mol. The van der Waals surface area contributed by atoms with Crippen LogP contribution in [0.1, 0.15) is 37.6 Å². The molecule has 110 valence electrons. The highest BCUT2D eigenvalue weighted by Crippen LogP contribution is 2.23. The fraction of sp³-hybridized carbons (Fsp3) is 0.429. The normalized spacial score (nSPS) is 11.2. The molecular weight excluding hydrogens is 280 g/mol. The summed E-state index contributed by atoms with van der Waals surface area (Å²) < 4.78 is 0. The average Bonchev–Trinajstić information content (AvgIpc) is 2.39. The van der Waals surface area contributed by atoms with E-state index in [1.807, 2.05) is 20.8 Å². The van der Waals surface area contributed by atoms with Crippen LogP contribution in [-0.4, -0.2) is 29.1 Å². The topological polar surface area (TPSA) is 78.4 Å². The number of benzene rings is 1. The summed E-state index contributed by atoms with van der Waals surface area (Å²) in [7, 11) is 0. The molecule has 0 aliphatic rings. The first-order chi connectivity index (χ1) is 9.25. The number of hydrogen-bond acceptors (Lipinski definition) is 3. The zero-order valence-corrected chi connectivity index (χ0v) is 12.5. The van der Waals surface area contributed by atoms with Crippen LogP contribution in [0.15, 0.2) is 18.2 Å². The van der Waals surface area contributed by atoms with Crippen molar-refractivity contribution in [3.05, 3.63) is 28.8 Å². The first-order valence-corrected chi connectivity index (χ1v) is 6.70. The van der Waals surface area contributed by atoms with E-state index >= 15 is 0 Å². The second kappa shape index (κ2) is 6.72. The van der Waals surface area contributed by atoms with Crippen molar-refractivity contribution in [2.75, 3.05) is 11.9 Å². The molecule has 0 aliphatic heterocycles. The van der Waals surface area contributed by atoms with Crippen molar-refractivity contribution >= 4 is 29.2 Å². The lowest BCUT2D eigenvalue weighted by atomic mass is 10.0. The Balaban J connectivity index is 2.71. The Bertz CT molecular complexity index is 515. The summed E-state index contributed by atoms with van der Waals surface area (Å²) in [5, 5.41) is 14.9. The van der Waals surface area contributed by atoms with Gasteiger partial charge in [0.1, 0.15) is 0 Å². The van der Waals surface area contributed by atoms with E-state index in [0.29, 0.717) is 10.7 Å². The molecule has 5 nitrogen and oxygen atoms in total. The molecule has 20 heavy (non-hydrogen) atoms. The standard InChI is InChI=1S/C14H19ClN2O3/c1-4-14(2,3)16-8-12(18)17-11-7-9(13(19)20)5-6-10(11)15/h5-7,16H,4,8H2,1-3H3,(H,17,18)(H,19,20). The zero-order chi connectivity index (χ0) is 15.3. The van der Waals surface area contributed by atoms with Crippen LogP contribution in [-0.2, 0) is 4.79 Å². The van der Waals surface area contributed by atoms with Gasteiger partial charge in [-0.1, -0.05) is 18.5 Å². The predicted molar refractivity (Wildman–Crippen MR) is 79.4 cm³/mol. The van der Waals surface area contributed by atoms with Crippen LogP contribution >= 0.6 is 11.6 Å². The van der Waals surface area contributed by atoms with Crippen molar-refractivity contribution in [3.8, 4) is 0 Å². The Morgan fingerprint density at radius 2 is 2.00 bits per heavy atom. The van der Waals surface area contributed by atoms with Crippen LogP contribution in [0.3, 0.4) is 0 Å². The number of hydrogen-bond donors (Lipinski definition) is 3. The maximum absolute atomic E-state index is 11.8. The molecule has 0 spiro atoms. The van der Waals surface area contributed by atoms with Crippen molar-refractivity contribution in [1.82, 2.24) is 5.32 Å². The Labute approximate surface area is 123 Å². The van der Waals surface area contributed by atoms with E-state index in [1.54, 1.807) is 0 Å². The van der Waals surface area contributed by atoms with Gasteiger partial charge in [-0.05, 0) is 38.5 Å². The lowest BCUT2D eigenvalue weighted by molar-refractivity contribution is -0.115. The highest BCUT2D eigenvalue weighted by molar-refractivity contribution is 6.33. The molecule has 0 unspecified atom stereocenters. The number of amides is 1. The lowest BCUT2D eigenvalue weighted by Gasteiger charge is -2.24. The van der Waals surface area contributed by atoms with Crippen LogP contribution in [0.5, 0.6) is 0 Å². The molecule has 0 bridgehead atoms. The van der Waals surface area contributed by atoms with Crippen LogP contribution in [0.2, 0.25) is 5.02 Å². The average molecular weight is 299 g/mol. The fourth-order valence-electron chi connectivity index (χ4n) is 1.39. The summed E-state index contributed by atoms with van der Waals surface area (Å²) in [5.74, 6) is -1.33. The number of carboxylic acids is 1. The van der Waals surface area contributed by atoms with Crippen molar-refractivity contribution < 1.29 is 14.7 Å². The van der Waals surface area contributed by atoms with Gasteiger partial charge in [0.25, 0.3) is 0 Å². The number of rotatable bonds is 6. The first-order valence-electron chi connectivity index (χ1n) is 6.33. The largest absolute Gasteiger partial charge is 0.478 e. The summed E-state index contributed by atoms with van der Waals surface area (Å²) in [6.45, 7) is 6.16. The summed E-state index contributed by atoms with van der Waals surface area (Å²) in [4.78, 5) is 22.7. The lowest BCUT2D eigenvalue weighted by Crippen LogP contribution is -2.43. The van der Waals surface area contributed by atoms with Crippen LogP contribution in [0.4, 0.5) is 5.69 Å². The molecule has 3 N–H and O–H groups in total. The number of nitrogens with one attached hydrogen (secondary N) is 2. The van der Waals surface area contributed by atoms with E-state index in [9.17, 15) is 9.59 Å². The minimum atomic E-state index is -1.07. The van der Waals surface area contributed by atoms with Crippen LogP contribution in [0, 0.1) is 0 Å². The quantitative estimate of drug-likeness (QED) is 0.754. The highest BCUT2D eigenvalue weighted by atomic mass is 35.5. The van der Waals surface area contributed by atoms with Gasteiger partial charge >= 0.3 is 5.97 Å². The number of carboxylic acid groups (broad SMARTS) is 1. The number of aromatic carboxylic acids is 1. The van der Waals surface area contributed by atoms with Crippen molar-refractivity contribution in [2.24, 2.45) is 0 Å².